The summed E-state index contributed by atoms with van der Waals surface area (Å²) in [4.78, 5) is 10.9. The summed E-state index contributed by atoms with van der Waals surface area (Å²) < 4.78 is 4.91. The fourth-order valence-electron chi connectivity index (χ4n) is 12.0. The van der Waals surface area contributed by atoms with Gasteiger partial charge in [0.05, 0.1) is 50.2 Å². The Balaban J connectivity index is 0.918. The van der Waals surface area contributed by atoms with Gasteiger partial charge in [0.25, 0.3) is 0 Å². The van der Waals surface area contributed by atoms with Crippen LogP contribution in [0.3, 0.4) is 0 Å². The maximum atomic E-state index is 5.47. The standard InChI is InChI=1S/C65H42N4/c1-65(2)54-22-10-7-18-46(54)47-30-28-42(36-55(47)65)63-64(67-57-24-12-11-23-56(57)66-63)51-31-32-60(48-19-6-5-17-45(48)51)69-59-26-14-9-21-50(59)53-35-43-33-44(29-27-41(43)38-62(53)69)68-58-25-13-8-20-49(58)52-34-39-15-3-4-16-40(39)37-61(52)68/h3-38H,1-2H3. The van der Waals surface area contributed by atoms with E-state index < -0.39 is 0 Å². The van der Waals surface area contributed by atoms with Gasteiger partial charge in [0.15, 0.2) is 0 Å². The van der Waals surface area contributed by atoms with Crippen molar-refractivity contribution in [2.24, 2.45) is 0 Å². The molecular formula is C65H42N4. The topological polar surface area (TPSA) is 35.6 Å². The van der Waals surface area contributed by atoms with Crippen molar-refractivity contribution < 1.29 is 0 Å². The number of para-hydroxylation sites is 4. The molecule has 322 valence electrons. The molecule has 1 aliphatic rings. The van der Waals surface area contributed by atoms with E-state index in [1.165, 1.54) is 87.4 Å². The second-order valence-electron chi connectivity index (χ2n) is 19.3. The highest BCUT2D eigenvalue weighted by atomic mass is 15.0. The summed E-state index contributed by atoms with van der Waals surface area (Å²) in [6.45, 7) is 4.67. The van der Waals surface area contributed by atoms with Crippen LogP contribution in [0.25, 0.3) is 132 Å². The molecule has 0 N–H and O–H groups in total. The molecule has 3 heterocycles. The predicted molar refractivity (Wildman–Crippen MR) is 289 cm³/mol. The number of benzene rings is 11. The van der Waals surface area contributed by atoms with E-state index in [1.807, 2.05) is 6.07 Å². The van der Waals surface area contributed by atoms with E-state index in [1.54, 1.807) is 0 Å². The van der Waals surface area contributed by atoms with E-state index in [0.29, 0.717) is 0 Å². The van der Waals surface area contributed by atoms with Crippen molar-refractivity contribution in [2.45, 2.75) is 19.3 Å². The third kappa shape index (κ3) is 5.46. The molecule has 14 aromatic rings. The zero-order valence-corrected chi connectivity index (χ0v) is 38.1. The van der Waals surface area contributed by atoms with E-state index in [0.717, 1.165) is 55.7 Å². The molecule has 4 nitrogen and oxygen atoms in total. The smallest absolute Gasteiger partial charge is 0.0979 e. The van der Waals surface area contributed by atoms with Crippen molar-refractivity contribution in [2.75, 3.05) is 0 Å². The average Bonchev–Trinajstić information content (AvgIpc) is 3.98. The first kappa shape index (κ1) is 38.3. The Kier molecular flexibility index (Phi) is 7.81. The molecule has 0 unspecified atom stereocenters. The third-order valence-corrected chi connectivity index (χ3v) is 15.2. The van der Waals surface area contributed by atoms with Gasteiger partial charge < -0.3 is 9.13 Å². The van der Waals surface area contributed by atoms with Crippen molar-refractivity contribution in [1.82, 2.24) is 19.1 Å². The lowest BCUT2D eigenvalue weighted by atomic mass is 9.81. The van der Waals surface area contributed by atoms with E-state index in [9.17, 15) is 0 Å². The van der Waals surface area contributed by atoms with E-state index in [2.05, 4.69) is 235 Å². The van der Waals surface area contributed by atoms with Crippen LogP contribution in [0.5, 0.6) is 0 Å². The lowest BCUT2D eigenvalue weighted by Crippen LogP contribution is -2.15. The molecule has 1 aliphatic carbocycles. The Morgan fingerprint density at radius 2 is 0.884 bits per heavy atom. The second kappa shape index (κ2) is 14.1. The highest BCUT2D eigenvalue weighted by Gasteiger charge is 2.35. The maximum absolute atomic E-state index is 5.47. The molecule has 0 amide bonds. The Morgan fingerprint density at radius 1 is 0.333 bits per heavy atom. The van der Waals surface area contributed by atoms with Crippen LogP contribution in [0.1, 0.15) is 25.0 Å². The van der Waals surface area contributed by atoms with Crippen LogP contribution in [-0.4, -0.2) is 19.1 Å². The fourth-order valence-corrected chi connectivity index (χ4v) is 12.0. The zero-order chi connectivity index (χ0) is 45.5. The van der Waals surface area contributed by atoms with E-state index >= 15 is 0 Å². The molecule has 3 aromatic heterocycles. The van der Waals surface area contributed by atoms with Crippen LogP contribution in [-0.2, 0) is 5.41 Å². The summed E-state index contributed by atoms with van der Waals surface area (Å²) in [5.41, 5.74) is 17.8. The van der Waals surface area contributed by atoms with Gasteiger partial charge in [0.2, 0.25) is 0 Å². The van der Waals surface area contributed by atoms with Crippen molar-refractivity contribution in [1.29, 1.82) is 0 Å². The van der Waals surface area contributed by atoms with Gasteiger partial charge in [-0.25, -0.2) is 9.97 Å². The van der Waals surface area contributed by atoms with Crippen molar-refractivity contribution in [3.8, 4) is 45.0 Å². The summed E-state index contributed by atoms with van der Waals surface area (Å²) in [5.74, 6) is 0. The lowest BCUT2D eigenvalue weighted by Gasteiger charge is -2.22. The maximum Gasteiger partial charge on any atom is 0.0979 e. The highest BCUT2D eigenvalue weighted by Crippen LogP contribution is 2.50. The van der Waals surface area contributed by atoms with Crippen LogP contribution < -0.4 is 0 Å². The highest BCUT2D eigenvalue weighted by molar-refractivity contribution is 6.17. The first-order valence-corrected chi connectivity index (χ1v) is 23.9. The molecular weight excluding hydrogens is 837 g/mol. The molecule has 0 bridgehead atoms. The average molecular weight is 879 g/mol. The Labute approximate surface area is 398 Å². The summed E-state index contributed by atoms with van der Waals surface area (Å²) in [5, 5.41) is 12.2. The van der Waals surface area contributed by atoms with Crippen LogP contribution in [0.2, 0.25) is 0 Å². The van der Waals surface area contributed by atoms with Gasteiger partial charge in [-0.15, -0.1) is 0 Å². The normalized spacial score (nSPS) is 13.2. The molecule has 0 fully saturated rings. The predicted octanol–water partition coefficient (Wildman–Crippen LogP) is 16.9. The quantitative estimate of drug-likeness (QED) is 0.177. The van der Waals surface area contributed by atoms with Gasteiger partial charge in [-0.3, -0.25) is 0 Å². The zero-order valence-electron chi connectivity index (χ0n) is 38.1. The summed E-state index contributed by atoms with van der Waals surface area (Å²) in [6.07, 6.45) is 0. The number of rotatable bonds is 4. The van der Waals surface area contributed by atoms with Gasteiger partial charge in [0.1, 0.15) is 0 Å². The third-order valence-electron chi connectivity index (χ3n) is 15.2. The van der Waals surface area contributed by atoms with E-state index in [-0.39, 0.29) is 5.41 Å². The number of hydrogen-bond acceptors (Lipinski definition) is 2. The number of hydrogen-bond donors (Lipinski definition) is 0. The minimum atomic E-state index is -0.140. The van der Waals surface area contributed by atoms with E-state index in [4.69, 9.17) is 9.97 Å². The Morgan fingerprint density at radius 3 is 1.65 bits per heavy atom. The minimum Gasteiger partial charge on any atom is -0.309 e. The molecule has 0 saturated heterocycles. The Hall–Kier alpha value is -8.86. The molecule has 0 saturated carbocycles. The van der Waals surface area contributed by atoms with Gasteiger partial charge in [-0.2, -0.15) is 0 Å². The van der Waals surface area contributed by atoms with Crippen LogP contribution >= 0.6 is 0 Å². The monoisotopic (exact) mass is 878 g/mol. The van der Waals surface area contributed by atoms with Gasteiger partial charge in [-0.1, -0.05) is 153 Å². The second-order valence-corrected chi connectivity index (χ2v) is 19.3. The molecule has 69 heavy (non-hydrogen) atoms. The first-order valence-electron chi connectivity index (χ1n) is 23.9. The van der Waals surface area contributed by atoms with Crippen molar-refractivity contribution in [3.63, 3.8) is 0 Å². The number of nitrogens with zero attached hydrogens (tertiary/aromatic N) is 4. The van der Waals surface area contributed by atoms with Crippen LogP contribution in [0, 0.1) is 0 Å². The van der Waals surface area contributed by atoms with Crippen molar-refractivity contribution >= 4 is 87.0 Å². The summed E-state index contributed by atoms with van der Waals surface area (Å²) in [6, 6.07) is 80.1. The Bertz CT molecular complexity index is 4530. The number of fused-ring (bicyclic) bond motifs is 13. The van der Waals surface area contributed by atoms with Gasteiger partial charge >= 0.3 is 0 Å². The summed E-state index contributed by atoms with van der Waals surface area (Å²) in [7, 11) is 0. The van der Waals surface area contributed by atoms with Crippen LogP contribution in [0.4, 0.5) is 0 Å². The number of aromatic nitrogens is 4. The molecule has 11 aromatic carbocycles. The molecule has 4 heteroatoms. The summed E-state index contributed by atoms with van der Waals surface area (Å²) >= 11 is 0. The SMILES string of the molecule is CC1(C)c2ccccc2-c2ccc(-c3nc4ccccc4nc3-c3ccc(-n4c5ccccc5c5cc6cc(-n7c8ccccc8c8cc9ccccc9cc87)ccc6cc54)c4ccccc34)cc21. The van der Waals surface area contributed by atoms with Gasteiger partial charge in [0, 0.05) is 49.2 Å². The van der Waals surface area contributed by atoms with Gasteiger partial charge in [-0.05, 0) is 128 Å². The fraction of sp³-hybridized carbons (Fsp3) is 0.0462. The van der Waals surface area contributed by atoms with Crippen LogP contribution in [0.15, 0.2) is 218 Å². The minimum absolute atomic E-state index is 0.140. The molecule has 0 radical (unpaired) electrons. The molecule has 0 aliphatic heterocycles. The molecule has 0 atom stereocenters. The molecule has 0 spiro atoms. The van der Waals surface area contributed by atoms with Crippen molar-refractivity contribution in [3.05, 3.63) is 230 Å². The molecule has 15 rings (SSSR count). The largest absolute Gasteiger partial charge is 0.309 e. The first-order chi connectivity index (χ1) is 34.0. The lowest BCUT2D eigenvalue weighted by molar-refractivity contribution is 0.660.